The molecule has 29 heavy (non-hydrogen) atoms. The summed E-state index contributed by atoms with van der Waals surface area (Å²) in [6.45, 7) is 10.9. The van der Waals surface area contributed by atoms with E-state index in [1.54, 1.807) is 20.8 Å². The molecule has 1 aromatic heterocycles. The molecule has 8 heteroatoms. The van der Waals surface area contributed by atoms with Gasteiger partial charge in [-0.3, -0.25) is 9.69 Å². The van der Waals surface area contributed by atoms with Crippen molar-refractivity contribution in [3.63, 3.8) is 0 Å². The van der Waals surface area contributed by atoms with Crippen molar-refractivity contribution in [3.8, 4) is 11.8 Å². The molecule has 0 aliphatic heterocycles. The number of anilines is 1. The van der Waals surface area contributed by atoms with Gasteiger partial charge >= 0.3 is 12.1 Å². The second-order valence-corrected chi connectivity index (χ2v) is 8.07. The Morgan fingerprint density at radius 1 is 1.14 bits per heavy atom. The lowest BCUT2D eigenvalue weighted by Gasteiger charge is -2.37. The Labute approximate surface area is 170 Å². The van der Waals surface area contributed by atoms with Crippen molar-refractivity contribution in [1.29, 1.82) is 0 Å². The van der Waals surface area contributed by atoms with Crippen molar-refractivity contribution >= 4 is 17.7 Å². The van der Waals surface area contributed by atoms with Gasteiger partial charge < -0.3 is 15.2 Å². The number of aromatic nitrogens is 2. The van der Waals surface area contributed by atoms with Gasteiger partial charge in [0.05, 0.1) is 18.1 Å². The van der Waals surface area contributed by atoms with Gasteiger partial charge in [0.1, 0.15) is 11.8 Å². The van der Waals surface area contributed by atoms with E-state index in [0.717, 1.165) is 10.5 Å². The van der Waals surface area contributed by atoms with Crippen LogP contribution in [0.25, 0.3) is 0 Å². The van der Waals surface area contributed by atoms with E-state index in [4.69, 9.17) is 4.74 Å². The Hall–Kier alpha value is -3.16. The molecule has 0 aliphatic carbocycles. The molecule has 0 fully saturated rings. The first-order valence-electron chi connectivity index (χ1n) is 9.42. The van der Waals surface area contributed by atoms with Crippen LogP contribution in [0.4, 0.5) is 10.5 Å². The number of carbonyl (C=O) groups is 2. The summed E-state index contributed by atoms with van der Waals surface area (Å²) in [6.07, 6.45) is 1.67. The van der Waals surface area contributed by atoms with Gasteiger partial charge in [-0.1, -0.05) is 26.0 Å². The highest BCUT2D eigenvalue weighted by Gasteiger charge is 2.34. The molecule has 2 amide bonds. The number of rotatable bonds is 6. The SMILES string of the molecule is CC(C)c1cccc(Oc2ncc(NC(=O)[C@@H](C)N(C(=O)O)C(C)(C)C)cn2)c1. The molecule has 0 radical (unpaired) electrons. The van der Waals surface area contributed by atoms with E-state index in [1.807, 2.05) is 24.3 Å². The van der Waals surface area contributed by atoms with Gasteiger partial charge in [0.25, 0.3) is 0 Å². The van der Waals surface area contributed by atoms with Crippen molar-refractivity contribution in [2.45, 2.75) is 59.0 Å². The molecular weight excluding hydrogens is 372 g/mol. The molecule has 1 atom stereocenters. The second kappa shape index (κ2) is 8.89. The fraction of sp³-hybridized carbons (Fsp3) is 0.429. The van der Waals surface area contributed by atoms with Crippen molar-refractivity contribution in [3.05, 3.63) is 42.2 Å². The van der Waals surface area contributed by atoms with Crippen molar-refractivity contribution in [1.82, 2.24) is 14.9 Å². The number of hydrogen-bond acceptors (Lipinski definition) is 5. The Bertz CT molecular complexity index is 860. The molecule has 1 aromatic carbocycles. The first-order chi connectivity index (χ1) is 13.5. The van der Waals surface area contributed by atoms with Crippen LogP contribution in [0.5, 0.6) is 11.8 Å². The third-order valence-electron chi connectivity index (χ3n) is 4.33. The highest BCUT2D eigenvalue weighted by atomic mass is 16.5. The summed E-state index contributed by atoms with van der Waals surface area (Å²) in [5.74, 6) is 0.533. The lowest BCUT2D eigenvalue weighted by molar-refractivity contribution is -0.121. The standard InChI is InChI=1S/C21H28N4O4/c1-13(2)15-8-7-9-17(10-15)29-19-22-11-16(12-23-19)24-18(26)14(3)25(20(27)28)21(4,5)6/h7-14H,1-6H3,(H,24,26)(H,27,28)/t14-/m1/s1. The van der Waals surface area contributed by atoms with Crippen molar-refractivity contribution in [2.24, 2.45) is 0 Å². The van der Waals surface area contributed by atoms with Crippen LogP contribution in [0.1, 0.15) is 53.0 Å². The Morgan fingerprint density at radius 2 is 1.76 bits per heavy atom. The van der Waals surface area contributed by atoms with Crippen LogP contribution in [0.15, 0.2) is 36.7 Å². The fourth-order valence-corrected chi connectivity index (χ4v) is 2.87. The molecule has 0 unspecified atom stereocenters. The molecule has 0 bridgehead atoms. The third-order valence-corrected chi connectivity index (χ3v) is 4.33. The van der Waals surface area contributed by atoms with Crippen LogP contribution in [0.3, 0.4) is 0 Å². The van der Waals surface area contributed by atoms with E-state index in [1.165, 1.54) is 19.3 Å². The average Bonchev–Trinajstić information content (AvgIpc) is 2.62. The van der Waals surface area contributed by atoms with Crippen LogP contribution in [-0.4, -0.2) is 43.6 Å². The quantitative estimate of drug-likeness (QED) is 0.740. The van der Waals surface area contributed by atoms with E-state index in [-0.39, 0.29) is 6.01 Å². The maximum atomic E-state index is 12.5. The number of ether oxygens (including phenoxy) is 1. The van der Waals surface area contributed by atoms with Crippen LogP contribution in [0.2, 0.25) is 0 Å². The predicted octanol–water partition coefficient (Wildman–Crippen LogP) is 4.50. The Kier molecular flexibility index (Phi) is 6.79. The molecule has 0 saturated heterocycles. The zero-order chi connectivity index (χ0) is 21.8. The van der Waals surface area contributed by atoms with Gasteiger partial charge in [0.2, 0.25) is 5.91 Å². The average molecular weight is 400 g/mol. The number of carbonyl (C=O) groups excluding carboxylic acids is 1. The summed E-state index contributed by atoms with van der Waals surface area (Å²) in [6, 6.07) is 6.94. The number of nitrogens with zero attached hydrogens (tertiary/aromatic N) is 3. The highest BCUT2D eigenvalue weighted by molar-refractivity contribution is 5.96. The van der Waals surface area contributed by atoms with Gasteiger partial charge in [0.15, 0.2) is 0 Å². The number of carboxylic acid groups (broad SMARTS) is 1. The number of nitrogens with one attached hydrogen (secondary N) is 1. The normalized spacial score (nSPS) is 12.4. The summed E-state index contributed by atoms with van der Waals surface area (Å²) >= 11 is 0. The van der Waals surface area contributed by atoms with Gasteiger partial charge in [-0.15, -0.1) is 0 Å². The topological polar surface area (TPSA) is 105 Å². The maximum Gasteiger partial charge on any atom is 0.408 e. The highest BCUT2D eigenvalue weighted by Crippen LogP contribution is 2.24. The Morgan fingerprint density at radius 3 is 2.28 bits per heavy atom. The minimum Gasteiger partial charge on any atom is -0.465 e. The molecule has 2 N–H and O–H groups in total. The third kappa shape index (κ3) is 5.91. The zero-order valence-corrected chi connectivity index (χ0v) is 17.6. The Balaban J connectivity index is 2.06. The largest absolute Gasteiger partial charge is 0.465 e. The monoisotopic (exact) mass is 400 g/mol. The smallest absolute Gasteiger partial charge is 0.408 e. The van der Waals surface area contributed by atoms with Gasteiger partial charge in [0, 0.05) is 5.54 Å². The van der Waals surface area contributed by atoms with Crippen molar-refractivity contribution in [2.75, 3.05) is 5.32 Å². The first kappa shape index (κ1) is 22.1. The van der Waals surface area contributed by atoms with Crippen LogP contribution in [0, 0.1) is 0 Å². The van der Waals surface area contributed by atoms with Gasteiger partial charge in [-0.05, 0) is 51.3 Å². The molecule has 2 aromatic rings. The predicted molar refractivity (Wildman–Crippen MR) is 110 cm³/mol. The summed E-state index contributed by atoms with van der Waals surface area (Å²) < 4.78 is 5.67. The number of amides is 2. The minimum absolute atomic E-state index is 0.152. The number of benzene rings is 1. The lowest BCUT2D eigenvalue weighted by Crippen LogP contribution is -2.54. The summed E-state index contributed by atoms with van der Waals surface area (Å²) in [7, 11) is 0. The van der Waals surface area contributed by atoms with Crippen molar-refractivity contribution < 1.29 is 19.4 Å². The molecule has 0 saturated carbocycles. The van der Waals surface area contributed by atoms with E-state index in [9.17, 15) is 14.7 Å². The zero-order valence-electron chi connectivity index (χ0n) is 17.6. The second-order valence-electron chi connectivity index (χ2n) is 8.07. The first-order valence-corrected chi connectivity index (χ1v) is 9.42. The van der Waals surface area contributed by atoms with Gasteiger partial charge in [-0.2, -0.15) is 0 Å². The van der Waals surface area contributed by atoms with E-state index in [0.29, 0.717) is 17.4 Å². The summed E-state index contributed by atoms with van der Waals surface area (Å²) in [5.41, 5.74) is 0.771. The van der Waals surface area contributed by atoms with E-state index in [2.05, 4.69) is 29.1 Å². The van der Waals surface area contributed by atoms with Gasteiger partial charge in [-0.25, -0.2) is 14.8 Å². The molecule has 0 spiro atoms. The molecule has 156 valence electrons. The van der Waals surface area contributed by atoms with Crippen LogP contribution < -0.4 is 10.1 Å². The minimum atomic E-state index is -1.16. The lowest BCUT2D eigenvalue weighted by atomic mass is 10.0. The van der Waals surface area contributed by atoms with E-state index < -0.39 is 23.6 Å². The summed E-state index contributed by atoms with van der Waals surface area (Å²) in [4.78, 5) is 33.3. The van der Waals surface area contributed by atoms with E-state index >= 15 is 0 Å². The molecule has 0 aliphatic rings. The number of hydrogen-bond donors (Lipinski definition) is 2. The fourth-order valence-electron chi connectivity index (χ4n) is 2.87. The maximum absolute atomic E-state index is 12.5. The molecule has 2 rings (SSSR count). The molecule has 8 nitrogen and oxygen atoms in total. The van der Waals surface area contributed by atoms with Crippen LogP contribution in [-0.2, 0) is 4.79 Å². The van der Waals surface area contributed by atoms with Crippen LogP contribution >= 0.6 is 0 Å². The molecule has 1 heterocycles. The molecular formula is C21H28N4O4. The summed E-state index contributed by atoms with van der Waals surface area (Å²) in [5, 5.41) is 12.1.